The van der Waals surface area contributed by atoms with Crippen LogP contribution in [-0.2, 0) is 6.54 Å². The topological polar surface area (TPSA) is 64.4 Å². The predicted octanol–water partition coefficient (Wildman–Crippen LogP) is 4.43. The molecule has 0 aliphatic heterocycles. The van der Waals surface area contributed by atoms with Crippen molar-refractivity contribution < 1.29 is 9.66 Å². The van der Waals surface area contributed by atoms with Crippen LogP contribution in [0.15, 0.2) is 55.1 Å². The number of rotatable bonds is 7. The van der Waals surface area contributed by atoms with Crippen molar-refractivity contribution in [3.63, 3.8) is 0 Å². The average molecular weight is 319 g/mol. The minimum Gasteiger partial charge on any atom is -0.489 e. The van der Waals surface area contributed by atoms with Crippen LogP contribution in [0, 0.1) is 10.1 Å². The van der Waals surface area contributed by atoms with Gasteiger partial charge in [-0.05, 0) is 24.3 Å². The molecule has 0 spiro atoms. The number of non-ortho nitro benzene ring substituents is 1. The summed E-state index contributed by atoms with van der Waals surface area (Å²) in [5.41, 5.74) is 1.56. The lowest BCUT2D eigenvalue weighted by atomic mass is 10.2. The van der Waals surface area contributed by atoms with Crippen molar-refractivity contribution in [3.8, 4) is 5.75 Å². The summed E-state index contributed by atoms with van der Waals surface area (Å²) in [6.45, 7) is 4.45. The van der Waals surface area contributed by atoms with Gasteiger partial charge in [0.15, 0.2) is 0 Å². The van der Waals surface area contributed by atoms with Gasteiger partial charge in [-0.2, -0.15) is 0 Å². The highest BCUT2D eigenvalue weighted by Gasteiger charge is 2.08. The van der Waals surface area contributed by atoms with Gasteiger partial charge in [0.25, 0.3) is 5.69 Å². The number of nitro benzene ring substituents is 1. The lowest BCUT2D eigenvalue weighted by Crippen LogP contribution is -2.04. The van der Waals surface area contributed by atoms with E-state index in [1.807, 2.05) is 0 Å². The number of nitro groups is 1. The molecule has 2 rings (SSSR count). The second-order valence-electron chi connectivity index (χ2n) is 4.51. The van der Waals surface area contributed by atoms with Crippen molar-refractivity contribution in [1.82, 2.24) is 0 Å². The summed E-state index contributed by atoms with van der Waals surface area (Å²) in [6, 6.07) is 11.7. The summed E-state index contributed by atoms with van der Waals surface area (Å²) in [6.07, 6.45) is 1.66. The number of nitrogens with zero attached hydrogens (tertiary/aromatic N) is 1. The Morgan fingerprint density at radius 2 is 2.14 bits per heavy atom. The highest BCUT2D eigenvalue weighted by Crippen LogP contribution is 2.25. The number of halogens is 1. The van der Waals surface area contributed by atoms with Crippen molar-refractivity contribution in [3.05, 3.63) is 75.8 Å². The molecule has 0 heterocycles. The van der Waals surface area contributed by atoms with E-state index < -0.39 is 4.92 Å². The fraction of sp³-hybridized carbons (Fsp3) is 0.125. The van der Waals surface area contributed by atoms with Gasteiger partial charge in [0.05, 0.1) is 4.92 Å². The van der Waals surface area contributed by atoms with E-state index in [2.05, 4.69) is 11.9 Å². The zero-order chi connectivity index (χ0) is 15.9. The molecule has 5 nitrogen and oxygen atoms in total. The Morgan fingerprint density at radius 1 is 1.32 bits per heavy atom. The third-order valence-electron chi connectivity index (χ3n) is 2.92. The molecule has 0 amide bonds. The van der Waals surface area contributed by atoms with Crippen LogP contribution in [0.1, 0.15) is 5.56 Å². The quantitative estimate of drug-likeness (QED) is 0.466. The molecule has 0 aliphatic rings. The van der Waals surface area contributed by atoms with E-state index in [-0.39, 0.29) is 5.69 Å². The molecule has 2 aromatic rings. The van der Waals surface area contributed by atoms with Crippen LogP contribution in [-0.4, -0.2) is 11.5 Å². The monoisotopic (exact) mass is 318 g/mol. The third-order valence-corrected chi connectivity index (χ3v) is 3.15. The smallest absolute Gasteiger partial charge is 0.271 e. The Bertz CT molecular complexity index is 689. The van der Waals surface area contributed by atoms with E-state index in [0.29, 0.717) is 29.6 Å². The van der Waals surface area contributed by atoms with E-state index in [4.69, 9.17) is 16.3 Å². The zero-order valence-electron chi connectivity index (χ0n) is 11.8. The van der Waals surface area contributed by atoms with Crippen molar-refractivity contribution in [2.45, 2.75) is 6.54 Å². The van der Waals surface area contributed by atoms with E-state index in [1.54, 1.807) is 36.4 Å². The molecule has 1 N–H and O–H groups in total. The maximum absolute atomic E-state index is 10.8. The van der Waals surface area contributed by atoms with Gasteiger partial charge in [-0.3, -0.25) is 10.1 Å². The number of anilines is 1. The van der Waals surface area contributed by atoms with Gasteiger partial charge in [-0.15, -0.1) is 0 Å². The average Bonchev–Trinajstić information content (AvgIpc) is 2.52. The van der Waals surface area contributed by atoms with Crippen molar-refractivity contribution >= 4 is 23.0 Å². The first-order valence-corrected chi connectivity index (χ1v) is 6.98. The third kappa shape index (κ3) is 4.23. The van der Waals surface area contributed by atoms with Crippen LogP contribution in [0.5, 0.6) is 5.75 Å². The molecule has 0 aromatic heterocycles. The van der Waals surface area contributed by atoms with Gasteiger partial charge in [0.2, 0.25) is 0 Å². The Hall–Kier alpha value is -2.53. The van der Waals surface area contributed by atoms with Gasteiger partial charge >= 0.3 is 0 Å². The zero-order valence-corrected chi connectivity index (χ0v) is 12.5. The van der Waals surface area contributed by atoms with E-state index in [9.17, 15) is 10.1 Å². The molecular formula is C16H15ClN2O3. The lowest BCUT2D eigenvalue weighted by Gasteiger charge is -2.12. The van der Waals surface area contributed by atoms with Gasteiger partial charge in [-0.25, -0.2) is 0 Å². The van der Waals surface area contributed by atoms with Crippen LogP contribution >= 0.6 is 11.6 Å². The van der Waals surface area contributed by atoms with Gasteiger partial charge in [0.1, 0.15) is 12.4 Å². The Balaban J connectivity index is 2.13. The molecule has 0 atom stereocenters. The molecule has 0 bridgehead atoms. The Morgan fingerprint density at radius 3 is 2.86 bits per heavy atom. The minimum absolute atomic E-state index is 0.0409. The van der Waals surface area contributed by atoms with Crippen LogP contribution in [0.3, 0.4) is 0 Å². The molecule has 0 saturated carbocycles. The molecule has 2 aromatic carbocycles. The first-order chi connectivity index (χ1) is 10.6. The second kappa shape index (κ2) is 7.47. The summed E-state index contributed by atoms with van der Waals surface area (Å²) in [5, 5.41) is 14.5. The summed E-state index contributed by atoms with van der Waals surface area (Å²) in [7, 11) is 0. The lowest BCUT2D eigenvalue weighted by molar-refractivity contribution is -0.384. The van der Waals surface area contributed by atoms with Crippen molar-refractivity contribution in [2.75, 3.05) is 11.9 Å². The van der Waals surface area contributed by atoms with Crippen LogP contribution in [0.2, 0.25) is 5.02 Å². The second-order valence-corrected chi connectivity index (χ2v) is 4.95. The SMILES string of the molecule is C=CCOc1ccc(Cl)cc1CNc1cccc([N+](=O)[O-])c1. The summed E-state index contributed by atoms with van der Waals surface area (Å²) in [5.74, 6) is 0.697. The number of benzene rings is 2. The van der Waals surface area contributed by atoms with E-state index in [1.165, 1.54) is 12.1 Å². The van der Waals surface area contributed by atoms with Crippen LogP contribution < -0.4 is 10.1 Å². The summed E-state index contributed by atoms with van der Waals surface area (Å²) >= 11 is 6.01. The van der Waals surface area contributed by atoms with Crippen molar-refractivity contribution in [2.24, 2.45) is 0 Å². The first kappa shape index (κ1) is 15.9. The fourth-order valence-electron chi connectivity index (χ4n) is 1.90. The predicted molar refractivity (Wildman–Crippen MR) is 87.6 cm³/mol. The Kier molecular flexibility index (Phi) is 5.38. The van der Waals surface area contributed by atoms with Crippen LogP contribution in [0.25, 0.3) is 0 Å². The Labute approximate surface area is 133 Å². The highest BCUT2D eigenvalue weighted by atomic mass is 35.5. The van der Waals surface area contributed by atoms with Crippen molar-refractivity contribution in [1.29, 1.82) is 0 Å². The standard InChI is InChI=1S/C16H15ClN2O3/c1-2-8-22-16-7-6-13(17)9-12(16)11-18-14-4-3-5-15(10-14)19(20)21/h2-7,9-10,18H,1,8,11H2. The first-order valence-electron chi connectivity index (χ1n) is 6.60. The molecule has 0 radical (unpaired) electrons. The van der Waals surface area contributed by atoms with Crippen LogP contribution in [0.4, 0.5) is 11.4 Å². The number of hydrogen-bond acceptors (Lipinski definition) is 4. The van der Waals surface area contributed by atoms with E-state index in [0.717, 1.165) is 5.56 Å². The maximum atomic E-state index is 10.8. The number of ether oxygens (including phenoxy) is 1. The van der Waals surface area contributed by atoms with Gasteiger partial charge in [0, 0.05) is 35.0 Å². The molecule has 0 unspecified atom stereocenters. The molecule has 22 heavy (non-hydrogen) atoms. The van der Waals surface area contributed by atoms with E-state index >= 15 is 0 Å². The summed E-state index contributed by atoms with van der Waals surface area (Å²) < 4.78 is 5.57. The summed E-state index contributed by atoms with van der Waals surface area (Å²) in [4.78, 5) is 10.3. The minimum atomic E-state index is -0.427. The van der Waals surface area contributed by atoms with Gasteiger partial charge in [-0.1, -0.05) is 30.3 Å². The van der Waals surface area contributed by atoms with Gasteiger partial charge < -0.3 is 10.1 Å². The fourth-order valence-corrected chi connectivity index (χ4v) is 2.10. The highest BCUT2D eigenvalue weighted by molar-refractivity contribution is 6.30. The molecule has 0 aliphatic carbocycles. The molecule has 6 heteroatoms. The molecule has 0 fully saturated rings. The largest absolute Gasteiger partial charge is 0.489 e. The molecular weight excluding hydrogens is 304 g/mol. The molecule has 114 valence electrons. The number of hydrogen-bond donors (Lipinski definition) is 1. The molecule has 0 saturated heterocycles. The normalized spacial score (nSPS) is 10.0. The maximum Gasteiger partial charge on any atom is 0.271 e. The number of nitrogens with one attached hydrogen (secondary N) is 1.